The number of fused-ring (bicyclic) bond motifs is 7. The Bertz CT molecular complexity index is 1870. The van der Waals surface area contributed by atoms with Gasteiger partial charge < -0.3 is 15.8 Å². The first-order valence-electron chi connectivity index (χ1n) is 23.3. The van der Waals surface area contributed by atoms with E-state index in [1.165, 1.54) is 11.1 Å². The number of rotatable bonds is 7. The Morgan fingerprint density at radius 3 is 2.10 bits per heavy atom. The van der Waals surface area contributed by atoms with E-state index >= 15 is 0 Å². The highest BCUT2D eigenvalue weighted by atomic mass is 16.5. The summed E-state index contributed by atoms with van der Waals surface area (Å²) < 4.78 is 6.67. The second-order valence-electron chi connectivity index (χ2n) is 22.8. The fourth-order valence-electron chi connectivity index (χ4n) is 15.6. The smallest absolute Gasteiger partial charge is 0.373 e. The lowest BCUT2D eigenvalue weighted by Gasteiger charge is -2.72. The van der Waals surface area contributed by atoms with Gasteiger partial charge in [-0.05, 0) is 145 Å². The molecule has 8 nitrogen and oxygen atoms in total. The van der Waals surface area contributed by atoms with Crippen molar-refractivity contribution in [2.75, 3.05) is 0 Å². The normalized spacial score (nSPS) is 40.1. The molecule has 59 heavy (non-hydrogen) atoms. The number of esters is 1. The summed E-state index contributed by atoms with van der Waals surface area (Å²) in [7, 11) is 0. The molecular formula is C51H74N2O6. The predicted molar refractivity (Wildman–Crippen MR) is 228 cm³/mol. The van der Waals surface area contributed by atoms with Crippen molar-refractivity contribution >= 4 is 23.8 Å². The molecule has 7 aliphatic carbocycles. The van der Waals surface area contributed by atoms with Crippen molar-refractivity contribution in [3.8, 4) is 0 Å². The molecular weight excluding hydrogens is 737 g/mol. The molecule has 1 aromatic rings. The number of ether oxygens (including phenoxy) is 1. The van der Waals surface area contributed by atoms with Crippen molar-refractivity contribution in [1.82, 2.24) is 5.32 Å². The maximum atomic E-state index is 14.2. The molecule has 6 saturated carbocycles. The molecule has 0 radical (unpaired) electrons. The van der Waals surface area contributed by atoms with Crippen LogP contribution in [-0.2, 0) is 35.1 Å². The van der Waals surface area contributed by atoms with E-state index in [0.717, 1.165) is 102 Å². The first-order chi connectivity index (χ1) is 27.6. The van der Waals surface area contributed by atoms with Gasteiger partial charge in [-0.2, -0.15) is 9.59 Å². The van der Waals surface area contributed by atoms with E-state index in [1.807, 2.05) is 0 Å². The van der Waals surface area contributed by atoms with Crippen LogP contribution in [-0.4, -0.2) is 41.0 Å². The molecule has 0 saturated heterocycles. The molecule has 0 spiro atoms. The zero-order valence-corrected chi connectivity index (χ0v) is 37.8. The van der Waals surface area contributed by atoms with Gasteiger partial charge in [0.25, 0.3) is 0 Å². The van der Waals surface area contributed by atoms with Crippen LogP contribution in [0.2, 0.25) is 0 Å². The molecule has 0 heterocycles. The summed E-state index contributed by atoms with van der Waals surface area (Å²) in [5, 5.41) is 3.59. The Labute approximate surface area is 354 Å². The number of Topliss-reactive ketones (excluding diaryl/α,β-unsaturated/α-hetero) is 1. The molecule has 10 atom stereocenters. The van der Waals surface area contributed by atoms with Crippen molar-refractivity contribution in [2.24, 2.45) is 68.3 Å². The average Bonchev–Trinajstić information content (AvgIpc) is 3.47. The number of hydrogen-bond donors (Lipinski definition) is 2. The summed E-state index contributed by atoms with van der Waals surface area (Å²) in [5.41, 5.74) is 9.12. The summed E-state index contributed by atoms with van der Waals surface area (Å²) in [4.78, 5) is 58.5. The van der Waals surface area contributed by atoms with Crippen LogP contribution in [0.15, 0.2) is 41.5 Å². The number of carbonyl (C=O) groups excluding carboxylic acids is 5. The van der Waals surface area contributed by atoms with Crippen LogP contribution in [0, 0.1) is 62.6 Å². The maximum Gasteiger partial charge on any atom is 0.373 e. The third-order valence-corrected chi connectivity index (χ3v) is 19.3. The Kier molecular flexibility index (Phi) is 11.5. The second-order valence-corrected chi connectivity index (χ2v) is 22.8. The Morgan fingerprint density at radius 1 is 0.814 bits per heavy atom. The first kappa shape index (κ1) is 44.0. The predicted octanol–water partition coefficient (Wildman–Crippen LogP) is 9.73. The summed E-state index contributed by atoms with van der Waals surface area (Å²) in [6.07, 6.45) is 15.4. The number of nitrogens with one attached hydrogen (secondary N) is 1. The minimum Gasteiger partial charge on any atom is -0.462 e. The third kappa shape index (κ3) is 6.84. The van der Waals surface area contributed by atoms with Gasteiger partial charge in [-0.25, -0.2) is 0 Å². The average molecular weight is 811 g/mol. The van der Waals surface area contributed by atoms with E-state index in [1.54, 1.807) is 0 Å². The SMILES string of the molecule is CC(C)C1=C2[C@H]3CC[C@@H]4[C@@]5(C)CC[C@H](OC(=O)[C@H]6C[C@@H](Cc7ccccc7)C6(C)C)C(C)(C)[C@@H]5CC[C@@]4(C)[C@]3(C)CC[C@@]2(NC(=O)C2(N)CCCCC2)CC1=O.O=C=O. The van der Waals surface area contributed by atoms with Crippen molar-refractivity contribution < 1.29 is 28.7 Å². The first-order valence-corrected chi connectivity index (χ1v) is 23.3. The van der Waals surface area contributed by atoms with E-state index < -0.39 is 11.1 Å². The fourth-order valence-corrected chi connectivity index (χ4v) is 15.6. The van der Waals surface area contributed by atoms with Crippen molar-refractivity contribution in [1.29, 1.82) is 0 Å². The molecule has 7 aliphatic rings. The molecule has 0 unspecified atom stereocenters. The largest absolute Gasteiger partial charge is 0.462 e. The summed E-state index contributed by atoms with van der Waals surface area (Å²) in [5.74, 6) is 2.09. The van der Waals surface area contributed by atoms with Gasteiger partial charge in [-0.15, -0.1) is 0 Å². The van der Waals surface area contributed by atoms with Crippen molar-refractivity contribution in [3.05, 3.63) is 47.0 Å². The number of carbonyl (C=O) groups is 3. The third-order valence-electron chi connectivity index (χ3n) is 19.3. The molecule has 8 heteroatoms. The number of benzene rings is 1. The topological polar surface area (TPSA) is 133 Å². The Balaban J connectivity index is 0.00000171. The van der Waals surface area contributed by atoms with Crippen LogP contribution in [0.25, 0.3) is 0 Å². The molecule has 8 rings (SSSR count). The van der Waals surface area contributed by atoms with E-state index in [0.29, 0.717) is 24.2 Å². The van der Waals surface area contributed by atoms with Gasteiger partial charge >= 0.3 is 12.1 Å². The van der Waals surface area contributed by atoms with Gasteiger partial charge in [-0.3, -0.25) is 14.4 Å². The number of allylic oxidation sites excluding steroid dienone is 1. The highest BCUT2D eigenvalue weighted by molar-refractivity contribution is 6.02. The number of ketones is 1. The van der Waals surface area contributed by atoms with Gasteiger partial charge in [0.15, 0.2) is 5.78 Å². The van der Waals surface area contributed by atoms with Crippen molar-refractivity contribution in [3.63, 3.8) is 0 Å². The van der Waals surface area contributed by atoms with Crippen LogP contribution in [0.3, 0.4) is 0 Å². The van der Waals surface area contributed by atoms with Crippen LogP contribution in [0.1, 0.15) is 164 Å². The summed E-state index contributed by atoms with van der Waals surface area (Å²) >= 11 is 0. The molecule has 0 aliphatic heterocycles. The van der Waals surface area contributed by atoms with Crippen LogP contribution in [0.4, 0.5) is 0 Å². The molecule has 0 aromatic heterocycles. The number of amides is 1. The minimum atomic E-state index is -0.835. The lowest BCUT2D eigenvalue weighted by atomic mass is 9.33. The van der Waals surface area contributed by atoms with Crippen LogP contribution in [0.5, 0.6) is 0 Å². The molecule has 3 N–H and O–H groups in total. The van der Waals surface area contributed by atoms with E-state index in [4.69, 9.17) is 20.1 Å². The highest BCUT2D eigenvalue weighted by Crippen LogP contribution is 2.76. The summed E-state index contributed by atoms with van der Waals surface area (Å²) in [6.45, 7) is 21.5. The zero-order valence-electron chi connectivity index (χ0n) is 37.8. The van der Waals surface area contributed by atoms with E-state index in [-0.39, 0.29) is 74.7 Å². The minimum absolute atomic E-state index is 0.0169. The Morgan fingerprint density at radius 2 is 1.47 bits per heavy atom. The molecule has 1 amide bonds. The highest BCUT2D eigenvalue weighted by Gasteiger charge is 2.70. The fraction of sp³-hybridized carbons (Fsp3) is 0.765. The summed E-state index contributed by atoms with van der Waals surface area (Å²) in [6, 6.07) is 10.7. The van der Waals surface area contributed by atoms with Gasteiger partial charge in [0.1, 0.15) is 6.10 Å². The van der Waals surface area contributed by atoms with Gasteiger partial charge in [0.05, 0.1) is 17.0 Å². The molecule has 1 aromatic carbocycles. The van der Waals surface area contributed by atoms with Crippen LogP contribution < -0.4 is 11.1 Å². The van der Waals surface area contributed by atoms with E-state index in [9.17, 15) is 14.4 Å². The molecule has 0 bridgehead atoms. The monoisotopic (exact) mass is 811 g/mol. The van der Waals surface area contributed by atoms with Crippen molar-refractivity contribution in [2.45, 2.75) is 182 Å². The van der Waals surface area contributed by atoms with E-state index in [2.05, 4.69) is 98.0 Å². The molecule has 324 valence electrons. The number of hydrogen-bond acceptors (Lipinski definition) is 7. The molecule has 6 fully saturated rings. The lowest BCUT2D eigenvalue weighted by molar-refractivity contribution is -0.235. The Hall–Kier alpha value is -3.09. The van der Waals surface area contributed by atoms with Gasteiger partial charge in [-0.1, -0.05) is 112 Å². The zero-order chi connectivity index (χ0) is 43.0. The second kappa shape index (κ2) is 15.4. The maximum absolute atomic E-state index is 14.2. The lowest BCUT2D eigenvalue weighted by Crippen LogP contribution is -2.68. The van der Waals surface area contributed by atoms with Gasteiger partial charge in [0.2, 0.25) is 5.91 Å². The number of nitrogens with two attached hydrogens (primary N) is 1. The van der Waals surface area contributed by atoms with Gasteiger partial charge in [0, 0.05) is 11.8 Å². The quantitative estimate of drug-likeness (QED) is 0.262. The van der Waals surface area contributed by atoms with Crippen LogP contribution >= 0.6 is 0 Å². The standard InChI is InChI=1S/C50H74N2O4.CO2/c1-31(2)40-36(53)30-50(52-43(55)49(51)22-14-11-15-23-49)27-26-47(8)34(41(40)50)18-19-38-46(7)24-21-39(45(5,6)37(46)20-25-48(38,47)9)56-42(54)35-29-33(44(35,3)4)28-32-16-12-10-13-17-32;2-1-3/h10,12-13,16-17,31,33-35,37-39H,11,14-15,18-30,51H2,1-9H3,(H,52,55);/t33-,34-,35-,37+,38-,39+,46+,47-,48-,50-;/m1./s1.